The third-order valence-corrected chi connectivity index (χ3v) is 3.20. The van der Waals surface area contributed by atoms with Gasteiger partial charge in [-0.15, -0.1) is 0 Å². The van der Waals surface area contributed by atoms with Crippen molar-refractivity contribution in [2.45, 2.75) is 6.92 Å². The van der Waals surface area contributed by atoms with Crippen LogP contribution in [-0.4, -0.2) is 38.0 Å². The molecule has 9 heteroatoms. The molecule has 0 aliphatic heterocycles. The highest BCUT2D eigenvalue weighted by Crippen LogP contribution is 2.27. The van der Waals surface area contributed by atoms with Gasteiger partial charge in [0, 0.05) is 5.56 Å². The van der Waals surface area contributed by atoms with E-state index in [1.807, 2.05) is 6.92 Å². The predicted octanol–water partition coefficient (Wildman–Crippen LogP) is 0.878. The molecule has 0 aliphatic carbocycles. The van der Waals surface area contributed by atoms with Crippen LogP contribution in [0.5, 0.6) is 11.5 Å². The number of benzene rings is 1. The summed E-state index contributed by atoms with van der Waals surface area (Å²) in [4.78, 5) is 35.4. The summed E-state index contributed by atoms with van der Waals surface area (Å²) < 4.78 is 15.4. The Morgan fingerprint density at radius 2 is 1.88 bits per heavy atom. The molecule has 0 saturated carbocycles. The molecule has 26 heavy (non-hydrogen) atoms. The van der Waals surface area contributed by atoms with Gasteiger partial charge in [-0.05, 0) is 37.3 Å². The first-order valence-electron chi connectivity index (χ1n) is 7.76. The third kappa shape index (κ3) is 5.00. The largest absolute Gasteiger partial charge is 0.493 e. The van der Waals surface area contributed by atoms with Crippen molar-refractivity contribution in [3.05, 3.63) is 47.9 Å². The van der Waals surface area contributed by atoms with Crippen molar-refractivity contribution < 1.29 is 28.3 Å². The molecule has 2 aromatic rings. The van der Waals surface area contributed by atoms with Gasteiger partial charge >= 0.3 is 0 Å². The Bertz CT molecular complexity index is 773. The van der Waals surface area contributed by atoms with Crippen molar-refractivity contribution in [1.82, 2.24) is 16.2 Å². The fraction of sp³-hybridized carbons (Fsp3) is 0.235. The summed E-state index contributed by atoms with van der Waals surface area (Å²) in [6, 6.07) is 7.65. The Hall–Kier alpha value is -3.49. The Morgan fingerprint density at radius 1 is 1.08 bits per heavy atom. The summed E-state index contributed by atoms with van der Waals surface area (Å²) in [6.45, 7) is 1.97. The number of hydrogen-bond acceptors (Lipinski definition) is 6. The van der Waals surface area contributed by atoms with E-state index in [4.69, 9.17) is 13.9 Å². The lowest BCUT2D eigenvalue weighted by Gasteiger charge is -2.11. The van der Waals surface area contributed by atoms with E-state index < -0.39 is 17.7 Å². The minimum Gasteiger partial charge on any atom is -0.493 e. The van der Waals surface area contributed by atoms with E-state index in [2.05, 4.69) is 16.2 Å². The van der Waals surface area contributed by atoms with Gasteiger partial charge in [0.25, 0.3) is 17.7 Å². The predicted molar refractivity (Wildman–Crippen MR) is 90.8 cm³/mol. The van der Waals surface area contributed by atoms with E-state index >= 15 is 0 Å². The first-order chi connectivity index (χ1) is 12.5. The molecule has 0 radical (unpaired) electrons. The van der Waals surface area contributed by atoms with E-state index in [1.54, 1.807) is 12.1 Å². The Morgan fingerprint density at radius 3 is 2.54 bits per heavy atom. The summed E-state index contributed by atoms with van der Waals surface area (Å²) in [5.41, 5.74) is 4.72. The second kappa shape index (κ2) is 9.11. The third-order valence-electron chi connectivity index (χ3n) is 3.20. The fourth-order valence-electron chi connectivity index (χ4n) is 1.98. The molecule has 1 aromatic heterocycles. The van der Waals surface area contributed by atoms with Gasteiger partial charge in [-0.3, -0.25) is 25.2 Å². The van der Waals surface area contributed by atoms with Crippen LogP contribution in [-0.2, 0) is 4.79 Å². The standard InChI is InChI=1S/C17H19N3O6/c1-3-25-12-7-6-11(9-14(12)24-2)16(22)20-19-15(21)10-18-17(23)13-5-4-8-26-13/h4-9H,3,10H2,1-2H3,(H,18,23)(H,19,21)(H,20,22). The normalized spacial score (nSPS) is 9.92. The number of hydrazine groups is 1. The topological polar surface area (TPSA) is 119 Å². The van der Waals surface area contributed by atoms with E-state index in [0.717, 1.165) is 0 Å². The molecule has 0 bridgehead atoms. The van der Waals surface area contributed by atoms with E-state index in [0.29, 0.717) is 18.1 Å². The van der Waals surface area contributed by atoms with E-state index in [1.165, 1.54) is 31.6 Å². The van der Waals surface area contributed by atoms with Crippen molar-refractivity contribution in [3.8, 4) is 11.5 Å². The van der Waals surface area contributed by atoms with E-state index in [9.17, 15) is 14.4 Å². The number of amides is 3. The molecule has 0 aliphatic rings. The number of hydrogen-bond donors (Lipinski definition) is 3. The molecule has 0 atom stereocenters. The lowest BCUT2D eigenvalue weighted by Crippen LogP contribution is -2.46. The summed E-state index contributed by atoms with van der Waals surface area (Å²) in [6.07, 6.45) is 1.35. The van der Waals surface area contributed by atoms with Gasteiger partial charge in [0.05, 0.1) is 26.5 Å². The van der Waals surface area contributed by atoms with Gasteiger partial charge in [0.2, 0.25) is 0 Å². The van der Waals surface area contributed by atoms with Crippen molar-refractivity contribution >= 4 is 17.7 Å². The van der Waals surface area contributed by atoms with Gasteiger partial charge < -0.3 is 19.2 Å². The van der Waals surface area contributed by atoms with Gasteiger partial charge in [-0.1, -0.05) is 0 Å². The molecule has 0 spiro atoms. The first kappa shape index (κ1) is 18.8. The van der Waals surface area contributed by atoms with Crippen LogP contribution in [0.1, 0.15) is 27.8 Å². The number of furan rings is 1. The summed E-state index contributed by atoms with van der Waals surface area (Å²) in [7, 11) is 1.46. The Balaban J connectivity index is 1.84. The zero-order chi connectivity index (χ0) is 18.9. The minimum atomic E-state index is -0.601. The van der Waals surface area contributed by atoms with Crippen molar-refractivity contribution in [2.75, 3.05) is 20.3 Å². The van der Waals surface area contributed by atoms with Crippen LogP contribution in [0.15, 0.2) is 41.0 Å². The van der Waals surface area contributed by atoms with Crippen molar-refractivity contribution in [2.24, 2.45) is 0 Å². The number of nitrogens with one attached hydrogen (secondary N) is 3. The second-order valence-electron chi connectivity index (χ2n) is 4.96. The van der Waals surface area contributed by atoms with Gasteiger partial charge in [-0.25, -0.2) is 0 Å². The molecule has 9 nitrogen and oxygen atoms in total. The van der Waals surface area contributed by atoms with Crippen LogP contribution in [0.25, 0.3) is 0 Å². The summed E-state index contributed by atoms with van der Waals surface area (Å²) in [5, 5.41) is 2.36. The fourth-order valence-corrected chi connectivity index (χ4v) is 1.98. The molecular weight excluding hydrogens is 342 g/mol. The summed E-state index contributed by atoms with van der Waals surface area (Å²) >= 11 is 0. The SMILES string of the molecule is CCOc1ccc(C(=O)NNC(=O)CNC(=O)c2ccco2)cc1OC. The lowest BCUT2D eigenvalue weighted by molar-refractivity contribution is -0.120. The monoisotopic (exact) mass is 361 g/mol. The molecule has 1 aromatic carbocycles. The maximum atomic E-state index is 12.1. The Kier molecular flexibility index (Phi) is 6.60. The van der Waals surface area contributed by atoms with Gasteiger partial charge in [0.15, 0.2) is 17.3 Å². The zero-order valence-electron chi connectivity index (χ0n) is 14.3. The molecule has 1 heterocycles. The highest BCUT2D eigenvalue weighted by atomic mass is 16.5. The maximum Gasteiger partial charge on any atom is 0.287 e. The molecule has 0 unspecified atom stereocenters. The highest BCUT2D eigenvalue weighted by Gasteiger charge is 2.13. The zero-order valence-corrected chi connectivity index (χ0v) is 14.3. The smallest absolute Gasteiger partial charge is 0.287 e. The number of rotatable bonds is 7. The molecule has 0 fully saturated rings. The first-order valence-corrected chi connectivity index (χ1v) is 7.76. The average Bonchev–Trinajstić information content (AvgIpc) is 3.19. The highest BCUT2D eigenvalue weighted by molar-refractivity contribution is 5.97. The van der Waals surface area contributed by atoms with Gasteiger partial charge in [0.1, 0.15) is 0 Å². The van der Waals surface area contributed by atoms with E-state index in [-0.39, 0.29) is 17.9 Å². The van der Waals surface area contributed by atoms with Crippen LogP contribution in [0.3, 0.4) is 0 Å². The molecule has 2 rings (SSSR count). The van der Waals surface area contributed by atoms with Crippen LogP contribution in [0.4, 0.5) is 0 Å². The molecular formula is C17H19N3O6. The quantitative estimate of drug-likeness (QED) is 0.630. The second-order valence-corrected chi connectivity index (χ2v) is 4.96. The minimum absolute atomic E-state index is 0.0864. The van der Waals surface area contributed by atoms with Crippen molar-refractivity contribution in [3.63, 3.8) is 0 Å². The van der Waals surface area contributed by atoms with Gasteiger partial charge in [-0.2, -0.15) is 0 Å². The van der Waals surface area contributed by atoms with Crippen LogP contribution in [0, 0.1) is 0 Å². The Labute approximate surface area is 149 Å². The van der Waals surface area contributed by atoms with Crippen molar-refractivity contribution in [1.29, 1.82) is 0 Å². The summed E-state index contributed by atoms with van der Waals surface area (Å²) in [5.74, 6) is -0.683. The van der Waals surface area contributed by atoms with Crippen LogP contribution < -0.4 is 25.6 Å². The molecule has 3 N–H and O–H groups in total. The number of carbonyl (C=O) groups excluding carboxylic acids is 3. The maximum absolute atomic E-state index is 12.1. The molecule has 138 valence electrons. The lowest BCUT2D eigenvalue weighted by atomic mass is 10.2. The molecule has 3 amide bonds. The molecule has 0 saturated heterocycles. The van der Waals surface area contributed by atoms with Crippen LogP contribution >= 0.6 is 0 Å². The van der Waals surface area contributed by atoms with Crippen LogP contribution in [0.2, 0.25) is 0 Å². The number of ether oxygens (including phenoxy) is 2. The number of methoxy groups -OCH3 is 1. The number of carbonyl (C=O) groups is 3. The average molecular weight is 361 g/mol.